The summed E-state index contributed by atoms with van der Waals surface area (Å²) in [6.07, 6.45) is 8.91. The number of nitrogens with zero attached hydrogens (tertiary/aromatic N) is 1. The van der Waals surface area contributed by atoms with E-state index < -0.39 is 0 Å². The fourth-order valence-corrected chi connectivity index (χ4v) is 2.77. The van der Waals surface area contributed by atoms with E-state index >= 15 is 0 Å². The van der Waals surface area contributed by atoms with Crippen molar-refractivity contribution in [1.29, 1.82) is 0 Å². The molecule has 4 nitrogen and oxygen atoms in total. The molecule has 0 fully saturated rings. The molecular weight excluding hydrogens is 250 g/mol. The van der Waals surface area contributed by atoms with Crippen LogP contribution in [0.3, 0.4) is 0 Å². The number of hydrogen-bond acceptors (Lipinski definition) is 3. The number of nitrogens with one attached hydrogen (secondary N) is 1. The molecule has 4 heteroatoms. The molecule has 0 saturated heterocycles. The van der Waals surface area contributed by atoms with E-state index in [9.17, 15) is 4.79 Å². The zero-order valence-electron chi connectivity index (χ0n) is 11.3. The van der Waals surface area contributed by atoms with Gasteiger partial charge in [-0.3, -0.25) is 4.79 Å². The van der Waals surface area contributed by atoms with Crippen LogP contribution in [0.5, 0.6) is 0 Å². The van der Waals surface area contributed by atoms with Gasteiger partial charge >= 0.3 is 0 Å². The van der Waals surface area contributed by atoms with E-state index in [1.54, 1.807) is 0 Å². The Labute approximate surface area is 118 Å². The van der Waals surface area contributed by atoms with Crippen LogP contribution in [0.25, 0.3) is 0 Å². The van der Waals surface area contributed by atoms with Gasteiger partial charge in [-0.15, -0.1) is 0 Å². The number of Topliss-reactive ketones (excluding diaryl/α,β-unsaturated/α-hetero) is 1. The lowest BCUT2D eigenvalue weighted by Gasteiger charge is -2.36. The van der Waals surface area contributed by atoms with E-state index in [0.717, 1.165) is 23.1 Å². The van der Waals surface area contributed by atoms with Gasteiger partial charge in [-0.1, -0.05) is 54.1 Å². The third-order valence-corrected chi connectivity index (χ3v) is 3.74. The Kier molecular flexibility index (Phi) is 3.36. The molecule has 1 aromatic carbocycles. The molecule has 0 radical (unpaired) electrons. The Morgan fingerprint density at radius 2 is 2.05 bits per heavy atom. The van der Waals surface area contributed by atoms with Crippen LogP contribution < -0.4 is 11.4 Å². The summed E-state index contributed by atoms with van der Waals surface area (Å²) in [7, 11) is 0. The zero-order chi connectivity index (χ0) is 14.0. The van der Waals surface area contributed by atoms with Gasteiger partial charge in [0.25, 0.3) is 0 Å². The summed E-state index contributed by atoms with van der Waals surface area (Å²) in [5.74, 6) is 5.89. The fourth-order valence-electron chi connectivity index (χ4n) is 2.77. The number of rotatable bonds is 3. The lowest BCUT2D eigenvalue weighted by Crippen LogP contribution is -2.60. The fraction of sp³-hybridized carbons (Fsp3) is 0.188. The standard InChI is InChI=1S/C16H18N3O/c17-18-19(10-13-6-2-1-3-7-13)11-14-8-4-5-9-15(14)16(20)12-19/h1-4,6-9,11,18H,5,10,12,17H2/q+1. The molecule has 0 saturated carbocycles. The quantitative estimate of drug-likeness (QED) is 0.499. The van der Waals surface area contributed by atoms with E-state index in [2.05, 4.69) is 11.6 Å². The molecule has 1 unspecified atom stereocenters. The van der Waals surface area contributed by atoms with Crippen LogP contribution in [0, 0.1) is 0 Å². The average Bonchev–Trinajstić information content (AvgIpc) is 2.48. The van der Waals surface area contributed by atoms with Crippen molar-refractivity contribution in [2.45, 2.75) is 13.0 Å². The molecule has 1 aliphatic carbocycles. The molecule has 0 amide bonds. The molecule has 3 N–H and O–H groups in total. The molecule has 1 aromatic rings. The van der Waals surface area contributed by atoms with Crippen molar-refractivity contribution >= 4 is 5.78 Å². The number of nitrogens with two attached hydrogens (primary N) is 1. The van der Waals surface area contributed by atoms with E-state index in [1.807, 2.05) is 48.7 Å². The number of ketones is 1. The molecular formula is C16H18N3O+. The topological polar surface area (TPSA) is 55.1 Å². The minimum Gasteiger partial charge on any atom is -0.288 e. The van der Waals surface area contributed by atoms with Crippen molar-refractivity contribution in [2.75, 3.05) is 6.54 Å². The van der Waals surface area contributed by atoms with Gasteiger partial charge in [-0.25, -0.2) is 5.84 Å². The zero-order valence-corrected chi connectivity index (χ0v) is 11.3. The van der Waals surface area contributed by atoms with Crippen molar-refractivity contribution in [1.82, 2.24) is 5.53 Å². The van der Waals surface area contributed by atoms with Gasteiger partial charge in [0.2, 0.25) is 5.78 Å². The summed E-state index contributed by atoms with van der Waals surface area (Å²) >= 11 is 0. The maximum Gasteiger partial charge on any atom is 0.219 e. The van der Waals surface area contributed by atoms with Crippen molar-refractivity contribution in [2.24, 2.45) is 5.84 Å². The molecule has 102 valence electrons. The largest absolute Gasteiger partial charge is 0.288 e. The number of hydrazine groups is 1. The Hall–Kier alpha value is -2.01. The molecule has 3 rings (SSSR count). The number of carbonyl (C=O) groups excluding carboxylic acids is 1. The molecule has 1 atom stereocenters. The summed E-state index contributed by atoms with van der Waals surface area (Å²) < 4.78 is 0.250. The van der Waals surface area contributed by atoms with Crippen molar-refractivity contribution < 1.29 is 9.39 Å². The molecule has 20 heavy (non-hydrogen) atoms. The first kappa shape index (κ1) is 13.0. The summed E-state index contributed by atoms with van der Waals surface area (Å²) in [6, 6.07) is 10.1. The Morgan fingerprint density at radius 1 is 1.25 bits per heavy atom. The van der Waals surface area contributed by atoms with E-state index in [1.165, 1.54) is 0 Å². The summed E-state index contributed by atoms with van der Waals surface area (Å²) in [5.41, 5.74) is 5.73. The third-order valence-electron chi connectivity index (χ3n) is 3.74. The van der Waals surface area contributed by atoms with Crippen LogP contribution in [0.1, 0.15) is 12.0 Å². The van der Waals surface area contributed by atoms with Crippen LogP contribution in [-0.2, 0) is 11.3 Å². The number of allylic oxidation sites excluding steroid dienone is 4. The van der Waals surface area contributed by atoms with Gasteiger partial charge in [-0.2, -0.15) is 4.59 Å². The van der Waals surface area contributed by atoms with Crippen molar-refractivity contribution in [3.8, 4) is 0 Å². The highest BCUT2D eigenvalue weighted by atomic mass is 16.1. The van der Waals surface area contributed by atoms with Gasteiger partial charge < -0.3 is 0 Å². The Balaban J connectivity index is 1.97. The first-order chi connectivity index (χ1) is 9.72. The minimum atomic E-state index is 0.140. The predicted molar refractivity (Wildman–Crippen MR) is 77.5 cm³/mol. The van der Waals surface area contributed by atoms with E-state index in [-0.39, 0.29) is 10.4 Å². The summed E-state index contributed by atoms with van der Waals surface area (Å²) in [4.78, 5) is 12.3. The highest BCUT2D eigenvalue weighted by Crippen LogP contribution is 2.28. The Bertz CT molecular complexity index is 616. The molecule has 0 spiro atoms. The smallest absolute Gasteiger partial charge is 0.219 e. The molecule has 1 heterocycles. The maximum absolute atomic E-state index is 12.3. The SMILES string of the molecule is NN[N+]1(Cc2ccccc2)C=C2C=CCC=C2C(=O)C1. The highest BCUT2D eigenvalue weighted by Gasteiger charge is 2.36. The number of quaternary nitrogens is 1. The number of hydrogen-bond donors (Lipinski definition) is 2. The molecule has 2 aliphatic rings. The van der Waals surface area contributed by atoms with E-state index in [4.69, 9.17) is 5.84 Å². The monoisotopic (exact) mass is 268 g/mol. The van der Waals surface area contributed by atoms with Gasteiger partial charge in [0, 0.05) is 16.7 Å². The van der Waals surface area contributed by atoms with Gasteiger partial charge in [0.05, 0.1) is 0 Å². The first-order valence-corrected chi connectivity index (χ1v) is 6.74. The lowest BCUT2D eigenvalue weighted by atomic mass is 9.93. The molecule has 0 bridgehead atoms. The average molecular weight is 268 g/mol. The first-order valence-electron chi connectivity index (χ1n) is 6.74. The number of carbonyl (C=O) groups is 1. The van der Waals surface area contributed by atoms with Crippen molar-refractivity contribution in [3.05, 3.63) is 71.5 Å². The predicted octanol–water partition coefficient (Wildman–Crippen LogP) is 1.73. The van der Waals surface area contributed by atoms with E-state index in [0.29, 0.717) is 13.1 Å². The van der Waals surface area contributed by atoms with Crippen LogP contribution in [-0.4, -0.2) is 16.9 Å². The van der Waals surface area contributed by atoms with Crippen LogP contribution in [0.4, 0.5) is 0 Å². The van der Waals surface area contributed by atoms with Crippen LogP contribution in [0.15, 0.2) is 65.9 Å². The summed E-state index contributed by atoms with van der Waals surface area (Å²) in [5, 5.41) is 0. The van der Waals surface area contributed by atoms with Gasteiger partial charge in [0.15, 0.2) is 6.54 Å². The van der Waals surface area contributed by atoms with Gasteiger partial charge in [0.1, 0.15) is 12.7 Å². The number of fused-ring (bicyclic) bond motifs is 1. The highest BCUT2D eigenvalue weighted by molar-refractivity contribution is 6.02. The maximum atomic E-state index is 12.3. The summed E-state index contributed by atoms with van der Waals surface area (Å²) in [6.45, 7) is 0.988. The second-order valence-corrected chi connectivity index (χ2v) is 5.23. The molecule has 0 aromatic heterocycles. The Morgan fingerprint density at radius 3 is 2.80 bits per heavy atom. The minimum absolute atomic E-state index is 0.140. The van der Waals surface area contributed by atoms with Crippen molar-refractivity contribution in [3.63, 3.8) is 0 Å². The third kappa shape index (κ3) is 2.36. The lowest BCUT2D eigenvalue weighted by molar-refractivity contribution is -0.931. The van der Waals surface area contributed by atoms with Crippen LogP contribution >= 0.6 is 0 Å². The normalized spacial score (nSPS) is 24.9. The second-order valence-electron chi connectivity index (χ2n) is 5.23. The number of benzene rings is 1. The second kappa shape index (κ2) is 5.17. The molecule has 1 aliphatic heterocycles. The van der Waals surface area contributed by atoms with Gasteiger partial charge in [-0.05, 0) is 6.42 Å². The van der Waals surface area contributed by atoms with Crippen LogP contribution in [0.2, 0.25) is 0 Å².